The number of primary amides is 1. The van der Waals surface area contributed by atoms with Crippen LogP contribution < -0.4 is 21.9 Å². The van der Waals surface area contributed by atoms with Gasteiger partial charge >= 0.3 is 11.4 Å². The van der Waals surface area contributed by atoms with Crippen molar-refractivity contribution in [2.24, 2.45) is 12.8 Å². The molecule has 0 spiro atoms. The lowest BCUT2D eigenvalue weighted by molar-refractivity contribution is 0.0985. The molecule has 0 fully saturated rings. The minimum Gasteiger partial charge on any atom is -0.454 e. The molecule has 0 saturated carbocycles. The lowest BCUT2D eigenvalue weighted by Gasteiger charge is -2.12. The minimum absolute atomic E-state index is 0.0547. The second-order valence-corrected chi connectivity index (χ2v) is 6.79. The average molecular weight is 436 g/mol. The predicted molar refractivity (Wildman–Crippen MR) is 104 cm³/mol. The van der Waals surface area contributed by atoms with Crippen LogP contribution in [0.4, 0.5) is 0 Å². The molecule has 2 aromatic carbocycles. The van der Waals surface area contributed by atoms with Crippen molar-refractivity contribution >= 4 is 40.1 Å². The van der Waals surface area contributed by atoms with E-state index in [1.165, 1.54) is 16.7 Å². The van der Waals surface area contributed by atoms with E-state index < -0.39 is 17.5 Å². The van der Waals surface area contributed by atoms with Gasteiger partial charge in [-0.05, 0) is 29.4 Å². The zero-order valence-corrected chi connectivity index (χ0v) is 16.1. The summed E-state index contributed by atoms with van der Waals surface area (Å²) in [5, 5.41) is 3.44. The van der Waals surface area contributed by atoms with Crippen molar-refractivity contribution in [3.63, 3.8) is 0 Å². The molecule has 4 aromatic rings. The van der Waals surface area contributed by atoms with Crippen LogP contribution >= 0.6 is 23.2 Å². The van der Waals surface area contributed by atoms with Crippen molar-refractivity contribution in [2.45, 2.75) is 0 Å². The number of rotatable bonds is 4. The van der Waals surface area contributed by atoms with Crippen LogP contribution in [0.15, 0.2) is 44.4 Å². The van der Waals surface area contributed by atoms with Gasteiger partial charge in [0.15, 0.2) is 5.75 Å². The monoisotopic (exact) mass is 435 g/mol. The Labute approximate surface area is 171 Å². The number of halogens is 2. The number of nitrogens with zero attached hydrogens (tertiary/aromatic N) is 3. The van der Waals surface area contributed by atoms with Crippen LogP contribution in [0.2, 0.25) is 10.0 Å². The molecule has 1 amide bonds. The fraction of sp³-hybridized carbons (Fsp3) is 0.0588. The van der Waals surface area contributed by atoms with Crippen molar-refractivity contribution in [1.29, 1.82) is 0 Å². The first-order valence-electron chi connectivity index (χ1n) is 8.01. The lowest BCUT2D eigenvalue weighted by Crippen LogP contribution is -2.22. The van der Waals surface area contributed by atoms with Crippen LogP contribution in [0.1, 0.15) is 10.6 Å². The van der Waals surface area contributed by atoms with Gasteiger partial charge in [-0.2, -0.15) is 0 Å². The van der Waals surface area contributed by atoms with Crippen LogP contribution in [-0.2, 0) is 7.05 Å². The Kier molecular flexibility index (Phi) is 4.44. The number of fused-ring (bicyclic) bond motifs is 1. The van der Waals surface area contributed by atoms with E-state index in [2.05, 4.69) is 14.7 Å². The number of aryl methyl sites for hydroxylation is 1. The number of H-pyrrole nitrogens is 1. The SMILES string of the molecule is Cn1c(=O)[nH]c2ccc(Oc3c(Cl)cc(-n4c(C(N)=O)noc4=O)cc3Cl)cc21. The number of nitrogens with two attached hydrogens (primary N) is 1. The van der Waals surface area contributed by atoms with Gasteiger partial charge in [0, 0.05) is 13.1 Å². The molecule has 12 heteroatoms. The number of hydrogen-bond donors (Lipinski definition) is 2. The molecule has 2 heterocycles. The molecule has 0 unspecified atom stereocenters. The molecule has 29 heavy (non-hydrogen) atoms. The molecule has 0 aliphatic carbocycles. The van der Waals surface area contributed by atoms with Gasteiger partial charge in [0.2, 0.25) is 5.82 Å². The second-order valence-electron chi connectivity index (χ2n) is 5.98. The van der Waals surface area contributed by atoms with Crippen LogP contribution in [0, 0.1) is 0 Å². The number of nitrogens with one attached hydrogen (secondary N) is 1. The topological polar surface area (TPSA) is 138 Å². The summed E-state index contributed by atoms with van der Waals surface area (Å²) in [7, 11) is 1.62. The van der Waals surface area contributed by atoms with Crippen molar-refractivity contribution in [3.8, 4) is 17.2 Å². The van der Waals surface area contributed by atoms with Gasteiger partial charge in [-0.1, -0.05) is 23.2 Å². The maximum absolute atomic E-state index is 11.9. The van der Waals surface area contributed by atoms with Crippen molar-refractivity contribution in [1.82, 2.24) is 19.3 Å². The first-order valence-corrected chi connectivity index (χ1v) is 8.76. The van der Waals surface area contributed by atoms with Gasteiger partial charge in [0.1, 0.15) is 5.75 Å². The van der Waals surface area contributed by atoms with Crippen molar-refractivity contribution in [3.05, 3.63) is 67.2 Å². The van der Waals surface area contributed by atoms with E-state index in [0.717, 1.165) is 4.57 Å². The van der Waals surface area contributed by atoms with E-state index in [4.69, 9.17) is 33.7 Å². The highest BCUT2D eigenvalue weighted by atomic mass is 35.5. The zero-order valence-electron chi connectivity index (χ0n) is 14.6. The molecule has 10 nitrogen and oxygen atoms in total. The molecule has 0 aliphatic rings. The number of hydrogen-bond acceptors (Lipinski definition) is 6. The number of benzene rings is 2. The summed E-state index contributed by atoms with van der Waals surface area (Å²) in [6.45, 7) is 0. The minimum atomic E-state index is -0.964. The van der Waals surface area contributed by atoms with Crippen molar-refractivity contribution in [2.75, 3.05) is 0 Å². The third kappa shape index (κ3) is 3.18. The molecule has 4 rings (SSSR count). The highest BCUT2D eigenvalue weighted by Gasteiger charge is 2.20. The quantitative estimate of drug-likeness (QED) is 0.503. The molecule has 0 saturated heterocycles. The fourth-order valence-corrected chi connectivity index (χ4v) is 3.34. The van der Waals surface area contributed by atoms with Gasteiger partial charge in [0.05, 0.1) is 26.8 Å². The molecule has 3 N–H and O–H groups in total. The number of aromatic amines is 1. The maximum Gasteiger partial charge on any atom is 0.446 e. The van der Waals surface area contributed by atoms with Crippen LogP contribution in [0.5, 0.6) is 11.5 Å². The number of aromatic nitrogens is 4. The Balaban J connectivity index is 1.76. The molecule has 0 bridgehead atoms. The summed E-state index contributed by atoms with van der Waals surface area (Å²) in [5.41, 5.74) is 6.32. The van der Waals surface area contributed by atoms with Gasteiger partial charge < -0.3 is 15.5 Å². The van der Waals surface area contributed by atoms with E-state index >= 15 is 0 Å². The number of ether oxygens (including phenoxy) is 1. The van der Waals surface area contributed by atoms with Gasteiger partial charge in [-0.25, -0.2) is 14.2 Å². The van der Waals surface area contributed by atoms with Crippen molar-refractivity contribution < 1.29 is 14.1 Å². The highest BCUT2D eigenvalue weighted by Crippen LogP contribution is 2.38. The molecular weight excluding hydrogens is 425 g/mol. The summed E-state index contributed by atoms with van der Waals surface area (Å²) >= 11 is 12.6. The fourth-order valence-electron chi connectivity index (χ4n) is 2.79. The number of imidazole rings is 1. The standard InChI is InChI=1S/C17H11Cl2N5O5/c1-23-12-6-8(2-3-11(12)21-16(23)26)28-13-9(18)4-7(5-10(13)19)24-15(14(20)25)22-29-17(24)27/h2-6H,1H3,(H2,20,25)(H,21,26). The summed E-state index contributed by atoms with van der Waals surface area (Å²) in [6, 6.07) is 7.65. The molecule has 0 atom stereocenters. The Hall–Kier alpha value is -3.50. The summed E-state index contributed by atoms with van der Waals surface area (Å²) < 4.78 is 12.5. The van der Waals surface area contributed by atoms with Gasteiger partial charge in [-0.3, -0.25) is 13.9 Å². The Morgan fingerprint density at radius 2 is 1.90 bits per heavy atom. The first kappa shape index (κ1) is 18.8. The third-order valence-corrected chi connectivity index (χ3v) is 4.72. The summed E-state index contributed by atoms with van der Waals surface area (Å²) in [5.74, 6) is -1.81. The number of carbonyl (C=O) groups is 1. The van der Waals surface area contributed by atoms with Gasteiger partial charge in [0.25, 0.3) is 5.91 Å². The number of amides is 1. The Bertz CT molecular complexity index is 1370. The zero-order chi connectivity index (χ0) is 20.9. The van der Waals surface area contributed by atoms with Gasteiger partial charge in [-0.15, -0.1) is 0 Å². The van der Waals surface area contributed by atoms with E-state index in [9.17, 15) is 14.4 Å². The summed E-state index contributed by atoms with van der Waals surface area (Å²) in [4.78, 5) is 37.7. The molecule has 2 aromatic heterocycles. The van der Waals surface area contributed by atoms with Crippen LogP contribution in [0.3, 0.4) is 0 Å². The largest absolute Gasteiger partial charge is 0.454 e. The third-order valence-electron chi connectivity index (χ3n) is 4.16. The predicted octanol–water partition coefficient (Wildman–Crippen LogP) is 2.20. The van der Waals surface area contributed by atoms with Crippen LogP contribution in [-0.4, -0.2) is 25.2 Å². The number of carbonyl (C=O) groups excluding carboxylic acids is 1. The Morgan fingerprint density at radius 1 is 1.21 bits per heavy atom. The Morgan fingerprint density at radius 3 is 2.55 bits per heavy atom. The molecule has 0 radical (unpaired) electrons. The maximum atomic E-state index is 11.9. The van der Waals surface area contributed by atoms with E-state index in [-0.39, 0.29) is 27.2 Å². The molecule has 0 aliphatic heterocycles. The highest BCUT2D eigenvalue weighted by molar-refractivity contribution is 6.37. The molecule has 148 valence electrons. The average Bonchev–Trinajstić information content (AvgIpc) is 3.18. The lowest BCUT2D eigenvalue weighted by atomic mass is 10.2. The van der Waals surface area contributed by atoms with E-state index in [0.29, 0.717) is 16.8 Å². The normalized spacial score (nSPS) is 11.1. The van der Waals surface area contributed by atoms with E-state index in [1.54, 1.807) is 25.2 Å². The first-order chi connectivity index (χ1) is 13.8. The summed E-state index contributed by atoms with van der Waals surface area (Å²) in [6.07, 6.45) is 0. The van der Waals surface area contributed by atoms with E-state index in [1.807, 2.05) is 0 Å². The van der Waals surface area contributed by atoms with Crippen LogP contribution in [0.25, 0.3) is 16.7 Å². The molecular formula is C17H11Cl2N5O5. The second kappa shape index (κ2) is 6.83. The smallest absolute Gasteiger partial charge is 0.446 e.